The monoisotopic (exact) mass is 533 g/mol. The van der Waals surface area contributed by atoms with Crippen LogP contribution in [0.3, 0.4) is 0 Å². The maximum Gasteiger partial charge on any atom is 0.330 e. The van der Waals surface area contributed by atoms with Gasteiger partial charge in [-0.15, -0.1) is 5.10 Å². The molecule has 1 aliphatic heterocycles. The van der Waals surface area contributed by atoms with Gasteiger partial charge in [-0.1, -0.05) is 21.1 Å². The van der Waals surface area contributed by atoms with Gasteiger partial charge in [0, 0.05) is 30.9 Å². The molecule has 12 nitrogen and oxygen atoms in total. The van der Waals surface area contributed by atoms with Gasteiger partial charge in [0.25, 0.3) is 5.56 Å². The summed E-state index contributed by atoms with van der Waals surface area (Å²) in [6.07, 6.45) is 0.586. The number of H-pyrrole nitrogens is 1. The largest absolute Gasteiger partial charge is 0.463 e. The Bertz CT molecular complexity index is 1330. The summed E-state index contributed by atoms with van der Waals surface area (Å²) in [5, 5.41) is 8.11. The quantitative estimate of drug-likeness (QED) is 0.463. The van der Waals surface area contributed by atoms with Gasteiger partial charge in [-0.05, 0) is 24.3 Å². The highest BCUT2D eigenvalue weighted by atomic mass is 79.9. The lowest BCUT2D eigenvalue weighted by molar-refractivity contribution is -0.155. The van der Waals surface area contributed by atoms with Crippen molar-refractivity contribution < 1.29 is 23.8 Å². The molecule has 1 aliphatic rings. The van der Waals surface area contributed by atoms with Crippen LogP contribution >= 0.6 is 15.9 Å². The fraction of sp³-hybridized carbons (Fsp3) is 0.333. The minimum atomic E-state index is -0.880. The lowest BCUT2D eigenvalue weighted by Gasteiger charge is -2.17. The Morgan fingerprint density at radius 3 is 2.59 bits per heavy atom. The highest BCUT2D eigenvalue weighted by molar-refractivity contribution is 9.10. The van der Waals surface area contributed by atoms with Crippen molar-refractivity contribution in [2.45, 2.75) is 38.7 Å². The Kier molecular flexibility index (Phi) is 6.75. The van der Waals surface area contributed by atoms with E-state index in [0.717, 1.165) is 10.2 Å². The third kappa shape index (κ3) is 5.15. The molecule has 3 heterocycles. The van der Waals surface area contributed by atoms with E-state index in [0.29, 0.717) is 0 Å². The molecule has 0 unspecified atom stereocenters. The number of carbonyl (C=O) groups excluding carboxylic acids is 2. The Balaban J connectivity index is 1.64. The number of hydrogen-bond donors (Lipinski definition) is 1. The van der Waals surface area contributed by atoms with Crippen LogP contribution in [0.2, 0.25) is 0 Å². The molecule has 0 aliphatic carbocycles. The second-order valence-corrected chi connectivity index (χ2v) is 8.47. The van der Waals surface area contributed by atoms with Crippen LogP contribution in [0, 0.1) is 0 Å². The highest BCUT2D eigenvalue weighted by Gasteiger charge is 2.39. The van der Waals surface area contributed by atoms with Crippen LogP contribution in [0.15, 0.2) is 50.7 Å². The molecule has 3 atom stereocenters. The number of hydrogen-bond acceptors (Lipinski definition) is 9. The highest BCUT2D eigenvalue weighted by Crippen LogP contribution is 2.31. The van der Waals surface area contributed by atoms with E-state index in [9.17, 15) is 19.2 Å². The number of carbonyl (C=O) groups is 2. The van der Waals surface area contributed by atoms with Crippen molar-refractivity contribution in [3.8, 4) is 16.9 Å². The first-order chi connectivity index (χ1) is 16.2. The summed E-state index contributed by atoms with van der Waals surface area (Å²) in [6.45, 7) is 2.33. The molecule has 0 radical (unpaired) electrons. The Morgan fingerprint density at radius 1 is 1.18 bits per heavy atom. The third-order valence-corrected chi connectivity index (χ3v) is 5.62. The molecule has 0 saturated carbocycles. The molecular formula is C21H20BrN5O7. The maximum absolute atomic E-state index is 12.6. The summed E-state index contributed by atoms with van der Waals surface area (Å²) < 4.78 is 19.7. The number of ether oxygens (including phenoxy) is 3. The topological polar surface area (TPSA) is 147 Å². The van der Waals surface area contributed by atoms with Gasteiger partial charge in [0.15, 0.2) is 0 Å². The van der Waals surface area contributed by atoms with Crippen molar-refractivity contribution in [2.75, 3.05) is 6.61 Å². The summed E-state index contributed by atoms with van der Waals surface area (Å²) in [6, 6.07) is 7.32. The second kappa shape index (κ2) is 9.73. The van der Waals surface area contributed by atoms with Gasteiger partial charge in [0.2, 0.25) is 0 Å². The Hall–Kier alpha value is -3.58. The molecule has 1 saturated heterocycles. The van der Waals surface area contributed by atoms with Crippen LogP contribution in [0.25, 0.3) is 16.9 Å². The summed E-state index contributed by atoms with van der Waals surface area (Å²) in [5.74, 6) is -1.06. The first-order valence-corrected chi connectivity index (χ1v) is 11.0. The van der Waals surface area contributed by atoms with E-state index in [1.807, 2.05) is 24.3 Å². The SMILES string of the molecule is CC(=O)OC[C@H]1O[C@@H](n2cc(-c3cn(-c4ccc(Br)cc4)nn3)c(=O)[nH]c2=O)C[C@@H]1OC(C)=O. The molecule has 4 rings (SSSR count). The average molecular weight is 534 g/mol. The first-order valence-electron chi connectivity index (χ1n) is 10.2. The molecule has 0 spiro atoms. The van der Waals surface area contributed by atoms with E-state index in [4.69, 9.17) is 14.2 Å². The van der Waals surface area contributed by atoms with Gasteiger partial charge >= 0.3 is 17.6 Å². The van der Waals surface area contributed by atoms with Crippen molar-refractivity contribution in [3.63, 3.8) is 0 Å². The van der Waals surface area contributed by atoms with Crippen LogP contribution in [0.4, 0.5) is 0 Å². The van der Waals surface area contributed by atoms with Gasteiger partial charge in [0.1, 0.15) is 30.7 Å². The normalized spacial score (nSPS) is 19.7. The standard InChI is InChI=1S/C21H20BrN5O7/c1-11(28)32-10-18-17(33-12(2)29)7-19(34-18)26-8-15(20(30)23-21(26)31)16-9-27(25-24-16)14-5-3-13(22)4-6-14/h3-6,8-9,17-19H,7,10H2,1-2H3,(H,23,30,31)/t17-,18+,19+/m0/s1. The molecule has 0 bridgehead atoms. The van der Waals surface area contributed by atoms with E-state index in [-0.39, 0.29) is 24.3 Å². The summed E-state index contributed by atoms with van der Waals surface area (Å²) >= 11 is 3.37. The van der Waals surface area contributed by atoms with Crippen LogP contribution in [0.5, 0.6) is 0 Å². The third-order valence-electron chi connectivity index (χ3n) is 5.09. The summed E-state index contributed by atoms with van der Waals surface area (Å²) in [4.78, 5) is 50.0. The number of rotatable bonds is 6. The van der Waals surface area contributed by atoms with Gasteiger partial charge in [-0.3, -0.25) is 23.9 Å². The molecule has 1 fully saturated rings. The van der Waals surface area contributed by atoms with Crippen molar-refractivity contribution in [2.24, 2.45) is 0 Å². The van der Waals surface area contributed by atoms with E-state index in [2.05, 4.69) is 31.2 Å². The van der Waals surface area contributed by atoms with Crippen molar-refractivity contribution in [3.05, 3.63) is 62.0 Å². The zero-order chi connectivity index (χ0) is 24.4. The molecule has 0 amide bonds. The Labute approximate surface area is 200 Å². The number of nitrogens with one attached hydrogen (secondary N) is 1. The number of benzene rings is 1. The zero-order valence-electron chi connectivity index (χ0n) is 18.1. The molecule has 13 heteroatoms. The minimum absolute atomic E-state index is 0.0963. The minimum Gasteiger partial charge on any atom is -0.463 e. The fourth-order valence-electron chi connectivity index (χ4n) is 3.55. The number of esters is 2. The summed E-state index contributed by atoms with van der Waals surface area (Å²) in [5.41, 5.74) is -0.296. The molecular weight excluding hydrogens is 514 g/mol. The number of aromatic nitrogens is 5. The predicted octanol–water partition coefficient (Wildman–Crippen LogP) is 1.33. The fourth-order valence-corrected chi connectivity index (χ4v) is 3.81. The number of nitrogens with zero attached hydrogens (tertiary/aromatic N) is 4. The van der Waals surface area contributed by atoms with E-state index >= 15 is 0 Å². The van der Waals surface area contributed by atoms with Crippen LogP contribution < -0.4 is 11.2 Å². The predicted molar refractivity (Wildman–Crippen MR) is 120 cm³/mol. The second-order valence-electron chi connectivity index (χ2n) is 7.55. The van der Waals surface area contributed by atoms with E-state index < -0.39 is 41.6 Å². The Morgan fingerprint density at radius 2 is 1.91 bits per heavy atom. The van der Waals surface area contributed by atoms with E-state index in [1.54, 1.807) is 6.20 Å². The van der Waals surface area contributed by atoms with Crippen LogP contribution in [0.1, 0.15) is 26.5 Å². The first kappa shape index (κ1) is 23.6. The van der Waals surface area contributed by atoms with Crippen molar-refractivity contribution in [1.29, 1.82) is 0 Å². The van der Waals surface area contributed by atoms with Crippen molar-refractivity contribution in [1.82, 2.24) is 24.5 Å². The lowest BCUT2D eigenvalue weighted by atomic mass is 10.2. The van der Waals surface area contributed by atoms with Crippen LogP contribution in [-0.4, -0.2) is 55.3 Å². The molecule has 1 aromatic carbocycles. The van der Waals surface area contributed by atoms with Gasteiger partial charge in [0.05, 0.1) is 17.4 Å². The molecule has 34 heavy (non-hydrogen) atoms. The van der Waals surface area contributed by atoms with E-state index in [1.165, 1.54) is 29.3 Å². The maximum atomic E-state index is 12.6. The smallest absolute Gasteiger partial charge is 0.330 e. The molecule has 1 N–H and O–H groups in total. The average Bonchev–Trinajstić information content (AvgIpc) is 3.40. The van der Waals surface area contributed by atoms with Crippen molar-refractivity contribution >= 4 is 27.9 Å². The molecule has 178 valence electrons. The van der Waals surface area contributed by atoms with Gasteiger partial charge in [-0.2, -0.15) is 0 Å². The lowest BCUT2D eigenvalue weighted by Crippen LogP contribution is -2.33. The van der Waals surface area contributed by atoms with Gasteiger partial charge in [-0.25, -0.2) is 9.48 Å². The van der Waals surface area contributed by atoms with Crippen LogP contribution in [-0.2, 0) is 23.8 Å². The summed E-state index contributed by atoms with van der Waals surface area (Å²) in [7, 11) is 0. The zero-order valence-corrected chi connectivity index (χ0v) is 19.7. The van der Waals surface area contributed by atoms with Gasteiger partial charge < -0.3 is 14.2 Å². The molecule has 3 aromatic rings. The number of aromatic amines is 1. The molecule has 2 aromatic heterocycles. The number of halogens is 1.